The van der Waals surface area contributed by atoms with Crippen LogP contribution in [0.2, 0.25) is 0 Å². The topological polar surface area (TPSA) is 146 Å². The summed E-state index contributed by atoms with van der Waals surface area (Å²) in [6, 6.07) is 8.64. The molecular weight excluding hydrogens is 555 g/mol. The van der Waals surface area contributed by atoms with Crippen LogP contribution in [0.15, 0.2) is 60.0 Å². The maximum atomic E-state index is 13.6. The highest BCUT2D eigenvalue weighted by molar-refractivity contribution is 7.89. The zero-order valence-electron chi connectivity index (χ0n) is 23.1. The third kappa shape index (κ3) is 6.84. The molecule has 0 spiro atoms. The number of aromatic nitrogens is 2. The molecule has 2 heterocycles. The van der Waals surface area contributed by atoms with Crippen molar-refractivity contribution in [1.82, 2.24) is 18.8 Å². The molecule has 41 heavy (non-hydrogen) atoms. The largest absolute Gasteiger partial charge is 0.488 e. The molecule has 12 nitrogen and oxygen atoms in total. The molecule has 1 aliphatic rings. The molecule has 0 saturated carbocycles. The normalized spacial score (nSPS) is 18.2. The molecule has 0 fully saturated rings. The Bertz CT molecular complexity index is 1510. The van der Waals surface area contributed by atoms with Crippen molar-refractivity contribution in [1.29, 1.82) is 0 Å². The average Bonchev–Trinajstić information content (AvgIpc) is 3.38. The molecule has 14 heteroatoms. The van der Waals surface area contributed by atoms with Crippen LogP contribution in [-0.4, -0.2) is 83.1 Å². The number of aryl methyl sites for hydroxylation is 1. The number of hydrogen-bond acceptors (Lipinski definition) is 7. The van der Waals surface area contributed by atoms with E-state index in [2.05, 4.69) is 15.6 Å². The second kappa shape index (κ2) is 12.2. The molecule has 0 saturated heterocycles. The minimum absolute atomic E-state index is 0.0326. The number of hydrogen-bond donors (Lipinski definition) is 3. The first-order chi connectivity index (χ1) is 19.4. The molecule has 220 valence electrons. The number of carbonyl (C=O) groups is 2. The molecule has 1 aliphatic heterocycles. The molecule has 0 radical (unpaired) electrons. The number of imidazole rings is 1. The Labute approximate surface area is 237 Å². The predicted molar refractivity (Wildman–Crippen MR) is 150 cm³/mol. The van der Waals surface area contributed by atoms with Gasteiger partial charge >= 0.3 is 6.03 Å². The van der Waals surface area contributed by atoms with E-state index in [0.717, 1.165) is 4.31 Å². The lowest BCUT2D eigenvalue weighted by molar-refractivity contribution is 0.0387. The van der Waals surface area contributed by atoms with Gasteiger partial charge in [-0.2, -0.15) is 4.31 Å². The summed E-state index contributed by atoms with van der Waals surface area (Å²) in [6.45, 7) is 3.42. The predicted octanol–water partition coefficient (Wildman–Crippen LogP) is 2.74. The van der Waals surface area contributed by atoms with Crippen LogP contribution in [0.4, 0.5) is 20.6 Å². The Morgan fingerprint density at radius 3 is 2.51 bits per heavy atom. The van der Waals surface area contributed by atoms with E-state index < -0.39 is 39.9 Å². The van der Waals surface area contributed by atoms with Gasteiger partial charge in [-0.3, -0.25) is 4.79 Å². The van der Waals surface area contributed by atoms with Crippen LogP contribution in [0.5, 0.6) is 5.75 Å². The summed E-state index contributed by atoms with van der Waals surface area (Å²) >= 11 is 0. The lowest BCUT2D eigenvalue weighted by Crippen LogP contribution is -2.50. The van der Waals surface area contributed by atoms with Crippen LogP contribution >= 0.6 is 0 Å². The van der Waals surface area contributed by atoms with Crippen molar-refractivity contribution in [3.63, 3.8) is 0 Å². The monoisotopic (exact) mass is 588 g/mol. The number of halogens is 1. The van der Waals surface area contributed by atoms with E-state index in [0.29, 0.717) is 5.69 Å². The van der Waals surface area contributed by atoms with Crippen molar-refractivity contribution >= 4 is 33.3 Å². The standard InChI is InChI=1S/C27H33FN6O6S/c1-17-12-34(18(2)15-35)26(36)22-11-21(31-27(37)30-20-7-5-19(28)6-8-20)9-10-23(22)40-24(17)13-33(4)41(38,39)25-14-32(3)16-29-25/h5-11,14,16-18,24,35H,12-13,15H2,1-4H3,(H2,30,31,37)/t17-,18+,24-/m1/s1. The van der Waals surface area contributed by atoms with E-state index in [1.54, 1.807) is 20.0 Å². The number of nitrogens with zero attached hydrogens (tertiary/aromatic N) is 4. The molecule has 0 bridgehead atoms. The molecule has 3 atom stereocenters. The molecule has 3 amide bonds. The third-order valence-corrected chi connectivity index (χ3v) is 8.53. The van der Waals surface area contributed by atoms with Crippen LogP contribution in [0.3, 0.4) is 0 Å². The number of ether oxygens (including phenoxy) is 1. The van der Waals surface area contributed by atoms with Gasteiger partial charge in [-0.15, -0.1) is 0 Å². The summed E-state index contributed by atoms with van der Waals surface area (Å²) in [6.07, 6.45) is 2.14. The van der Waals surface area contributed by atoms with Gasteiger partial charge in [-0.25, -0.2) is 22.6 Å². The minimum Gasteiger partial charge on any atom is -0.488 e. The summed E-state index contributed by atoms with van der Waals surface area (Å²) in [7, 11) is -0.798. The highest BCUT2D eigenvalue weighted by Gasteiger charge is 2.35. The number of aliphatic hydroxyl groups is 1. The third-order valence-electron chi connectivity index (χ3n) is 6.82. The Morgan fingerprint density at radius 1 is 1.22 bits per heavy atom. The lowest BCUT2D eigenvalue weighted by Gasteiger charge is -2.38. The summed E-state index contributed by atoms with van der Waals surface area (Å²) in [5, 5.41) is 15.0. The molecule has 0 aliphatic carbocycles. The zero-order valence-corrected chi connectivity index (χ0v) is 23.9. The lowest BCUT2D eigenvalue weighted by atomic mass is 9.99. The van der Waals surface area contributed by atoms with Crippen molar-refractivity contribution < 1.29 is 32.2 Å². The van der Waals surface area contributed by atoms with E-state index in [4.69, 9.17) is 4.74 Å². The van der Waals surface area contributed by atoms with Gasteiger partial charge in [0.2, 0.25) is 0 Å². The van der Waals surface area contributed by atoms with Crippen molar-refractivity contribution in [2.24, 2.45) is 13.0 Å². The number of likely N-dealkylation sites (N-methyl/N-ethyl adjacent to an activating group) is 1. The fraction of sp³-hybridized carbons (Fsp3) is 0.370. The van der Waals surface area contributed by atoms with E-state index in [1.807, 2.05) is 6.92 Å². The van der Waals surface area contributed by atoms with E-state index in [9.17, 15) is 27.5 Å². The number of anilines is 2. The molecule has 3 N–H and O–H groups in total. The number of aliphatic hydroxyl groups excluding tert-OH is 1. The maximum Gasteiger partial charge on any atom is 0.323 e. The van der Waals surface area contributed by atoms with Gasteiger partial charge in [-0.1, -0.05) is 6.92 Å². The highest BCUT2D eigenvalue weighted by Crippen LogP contribution is 2.31. The van der Waals surface area contributed by atoms with Gasteiger partial charge in [0.05, 0.1) is 31.1 Å². The van der Waals surface area contributed by atoms with Gasteiger partial charge in [0, 0.05) is 44.1 Å². The quantitative estimate of drug-likeness (QED) is 0.367. The maximum absolute atomic E-state index is 13.6. The smallest absolute Gasteiger partial charge is 0.323 e. The van der Waals surface area contributed by atoms with Crippen LogP contribution in [0, 0.1) is 11.7 Å². The second-order valence-electron chi connectivity index (χ2n) is 10.1. The summed E-state index contributed by atoms with van der Waals surface area (Å²) < 4.78 is 48.4. The zero-order chi connectivity index (χ0) is 29.9. The Morgan fingerprint density at radius 2 is 1.88 bits per heavy atom. The number of urea groups is 1. The average molecular weight is 589 g/mol. The summed E-state index contributed by atoms with van der Waals surface area (Å²) in [5.41, 5.74) is 0.799. The number of fused-ring (bicyclic) bond motifs is 1. The fourth-order valence-corrected chi connectivity index (χ4v) is 5.52. The van der Waals surface area contributed by atoms with Crippen molar-refractivity contribution in [2.45, 2.75) is 31.0 Å². The van der Waals surface area contributed by atoms with Crippen LogP contribution in [0.25, 0.3) is 0 Å². The molecule has 1 aromatic heterocycles. The number of rotatable bonds is 8. The number of benzene rings is 2. The van der Waals surface area contributed by atoms with Crippen molar-refractivity contribution in [2.75, 3.05) is 37.4 Å². The number of carbonyl (C=O) groups excluding carboxylic acids is 2. The number of nitrogens with one attached hydrogen (secondary N) is 2. The first-order valence-electron chi connectivity index (χ1n) is 12.9. The Hall–Kier alpha value is -4.01. The first kappa shape index (κ1) is 30.0. The molecular formula is C27H33FN6O6S. The molecule has 3 aromatic rings. The van der Waals surface area contributed by atoms with Crippen molar-refractivity contribution in [3.8, 4) is 5.75 Å². The van der Waals surface area contributed by atoms with Gasteiger partial charge in [0.25, 0.3) is 15.9 Å². The fourth-order valence-electron chi connectivity index (χ4n) is 4.38. The number of amides is 3. The number of sulfonamides is 1. The van der Waals surface area contributed by atoms with Crippen LogP contribution < -0.4 is 15.4 Å². The Balaban J connectivity index is 1.61. The summed E-state index contributed by atoms with van der Waals surface area (Å²) in [5.74, 6) is -0.966. The SMILES string of the molecule is C[C@@H]1CN([C@@H](C)CO)C(=O)c2cc(NC(=O)Nc3ccc(F)cc3)ccc2O[C@@H]1CN(C)S(=O)(=O)c1cn(C)cn1. The molecule has 4 rings (SSSR count). The van der Waals surface area contributed by atoms with E-state index >= 15 is 0 Å². The molecule has 0 unspecified atom stereocenters. The second-order valence-corrected chi connectivity index (χ2v) is 12.1. The van der Waals surface area contributed by atoms with Crippen LogP contribution in [-0.2, 0) is 17.1 Å². The van der Waals surface area contributed by atoms with Crippen molar-refractivity contribution in [3.05, 3.63) is 66.4 Å². The highest BCUT2D eigenvalue weighted by atomic mass is 32.2. The van der Waals surface area contributed by atoms with E-state index in [1.165, 1.54) is 65.4 Å². The van der Waals surface area contributed by atoms with Gasteiger partial charge in [0.15, 0.2) is 5.03 Å². The first-order valence-corrected chi connectivity index (χ1v) is 14.3. The van der Waals surface area contributed by atoms with Gasteiger partial charge in [-0.05, 0) is 49.4 Å². The summed E-state index contributed by atoms with van der Waals surface area (Å²) in [4.78, 5) is 31.6. The van der Waals surface area contributed by atoms with E-state index in [-0.39, 0.29) is 47.6 Å². The minimum atomic E-state index is -3.91. The Kier molecular flexibility index (Phi) is 8.95. The van der Waals surface area contributed by atoms with Gasteiger partial charge < -0.3 is 29.9 Å². The van der Waals surface area contributed by atoms with Gasteiger partial charge in [0.1, 0.15) is 17.7 Å². The van der Waals surface area contributed by atoms with Crippen LogP contribution in [0.1, 0.15) is 24.2 Å². The molecule has 2 aromatic carbocycles.